The lowest BCUT2D eigenvalue weighted by molar-refractivity contribution is 0.0880. The number of aliphatic hydroxyl groups excluding tert-OH is 1. The zero-order valence-electron chi connectivity index (χ0n) is 16.6. The first kappa shape index (κ1) is 18.4. The molecule has 1 unspecified atom stereocenters. The van der Waals surface area contributed by atoms with Gasteiger partial charge in [0.15, 0.2) is 0 Å². The first-order valence-corrected chi connectivity index (χ1v) is 10.6. The molecule has 6 rings (SSSR count). The van der Waals surface area contributed by atoms with Gasteiger partial charge in [-0.15, -0.1) is 11.6 Å². The van der Waals surface area contributed by atoms with E-state index >= 15 is 0 Å². The predicted octanol–water partition coefficient (Wildman–Crippen LogP) is 3.92. The maximum absolute atomic E-state index is 13.0. The van der Waals surface area contributed by atoms with E-state index in [9.17, 15) is 14.7 Å². The number of rotatable bonds is 3. The van der Waals surface area contributed by atoms with Crippen molar-refractivity contribution in [3.8, 4) is 0 Å². The highest BCUT2D eigenvalue weighted by Gasteiger charge is 2.36. The first-order valence-electron chi connectivity index (χ1n) is 10.1. The summed E-state index contributed by atoms with van der Waals surface area (Å²) in [4.78, 5) is 25.9. The molecule has 0 bridgehead atoms. The lowest BCUT2D eigenvalue weighted by Crippen LogP contribution is -2.20. The van der Waals surface area contributed by atoms with Crippen molar-refractivity contribution in [3.63, 3.8) is 0 Å². The molecule has 0 saturated carbocycles. The summed E-state index contributed by atoms with van der Waals surface area (Å²) < 4.78 is 4.08. The molecule has 3 aromatic carbocycles. The SMILES string of the molecule is Cn1c2ccccc2c2c3c(c4c5ccccc5n(CC(O)CCl)c4c21)C(=O)NC3=O. The van der Waals surface area contributed by atoms with Crippen LogP contribution in [0.4, 0.5) is 0 Å². The maximum Gasteiger partial charge on any atom is 0.259 e. The second-order valence-corrected chi connectivity index (χ2v) is 8.30. The quantitative estimate of drug-likeness (QED) is 0.336. The molecule has 154 valence electrons. The van der Waals surface area contributed by atoms with E-state index < -0.39 is 6.10 Å². The Kier molecular flexibility index (Phi) is 3.76. The second kappa shape index (κ2) is 6.33. The van der Waals surface area contributed by atoms with Gasteiger partial charge in [0.25, 0.3) is 11.8 Å². The number of aryl methyl sites for hydroxylation is 1. The van der Waals surface area contributed by atoms with E-state index in [1.54, 1.807) is 0 Å². The average Bonchev–Trinajstić information content (AvgIpc) is 3.37. The van der Waals surface area contributed by atoms with E-state index in [2.05, 4.69) is 9.88 Å². The van der Waals surface area contributed by atoms with Crippen molar-refractivity contribution in [2.75, 3.05) is 5.88 Å². The third-order valence-corrected chi connectivity index (χ3v) is 6.66. The van der Waals surface area contributed by atoms with Crippen LogP contribution in [-0.4, -0.2) is 38.0 Å². The number of alkyl halides is 1. The summed E-state index contributed by atoms with van der Waals surface area (Å²) in [5, 5.41) is 16.2. The Morgan fingerprint density at radius 2 is 1.45 bits per heavy atom. The summed E-state index contributed by atoms with van der Waals surface area (Å²) in [6.45, 7) is 0.276. The third-order valence-electron chi connectivity index (χ3n) is 6.30. The molecule has 0 radical (unpaired) electrons. The van der Waals surface area contributed by atoms with E-state index in [1.807, 2.05) is 60.1 Å². The molecule has 1 aliphatic heterocycles. The molecule has 5 aromatic rings. The van der Waals surface area contributed by atoms with Gasteiger partial charge in [0.2, 0.25) is 0 Å². The van der Waals surface area contributed by atoms with Gasteiger partial charge in [-0.1, -0.05) is 36.4 Å². The lowest BCUT2D eigenvalue weighted by atomic mass is 9.96. The first-order chi connectivity index (χ1) is 15.0. The van der Waals surface area contributed by atoms with Crippen LogP contribution in [0.15, 0.2) is 48.5 Å². The fraction of sp³-hybridized carbons (Fsp3) is 0.167. The number of aliphatic hydroxyl groups is 1. The van der Waals surface area contributed by atoms with Crippen LogP contribution in [0.25, 0.3) is 43.6 Å². The van der Waals surface area contributed by atoms with Crippen molar-refractivity contribution in [2.24, 2.45) is 7.05 Å². The van der Waals surface area contributed by atoms with Crippen LogP contribution in [0.1, 0.15) is 20.7 Å². The minimum Gasteiger partial charge on any atom is -0.390 e. The Morgan fingerprint density at radius 1 is 0.903 bits per heavy atom. The van der Waals surface area contributed by atoms with Gasteiger partial charge in [0.05, 0.1) is 40.7 Å². The minimum atomic E-state index is -0.755. The fourth-order valence-electron chi connectivity index (χ4n) is 5.11. The van der Waals surface area contributed by atoms with E-state index in [4.69, 9.17) is 11.6 Å². The third kappa shape index (κ3) is 2.26. The Bertz CT molecular complexity index is 1590. The molecule has 0 aliphatic carbocycles. The number of fused-ring (bicyclic) bond motifs is 10. The molecular weight excluding hydrogens is 414 g/mol. The molecular formula is C24H18ClN3O3. The van der Waals surface area contributed by atoms with Crippen LogP contribution in [-0.2, 0) is 13.6 Å². The van der Waals surface area contributed by atoms with Gasteiger partial charge in [0.1, 0.15) is 0 Å². The van der Waals surface area contributed by atoms with Gasteiger partial charge < -0.3 is 14.2 Å². The molecule has 0 spiro atoms. The summed E-state index contributed by atoms with van der Waals surface area (Å²) in [6, 6.07) is 15.6. The number of aromatic nitrogens is 2. The smallest absolute Gasteiger partial charge is 0.259 e. The second-order valence-electron chi connectivity index (χ2n) is 7.99. The van der Waals surface area contributed by atoms with Crippen molar-refractivity contribution >= 4 is 67.0 Å². The zero-order chi connectivity index (χ0) is 21.4. The van der Waals surface area contributed by atoms with Gasteiger partial charge >= 0.3 is 0 Å². The van der Waals surface area contributed by atoms with Gasteiger partial charge in [-0.2, -0.15) is 0 Å². The van der Waals surface area contributed by atoms with E-state index in [-0.39, 0.29) is 24.2 Å². The van der Waals surface area contributed by atoms with Crippen LogP contribution in [0.2, 0.25) is 0 Å². The average molecular weight is 432 g/mol. The van der Waals surface area contributed by atoms with Crippen LogP contribution in [0, 0.1) is 0 Å². The number of hydrogen-bond acceptors (Lipinski definition) is 3. The highest BCUT2D eigenvalue weighted by Crippen LogP contribution is 2.44. The van der Waals surface area contributed by atoms with Crippen molar-refractivity contribution < 1.29 is 14.7 Å². The van der Waals surface area contributed by atoms with E-state index in [0.29, 0.717) is 11.1 Å². The Hall–Kier alpha value is -3.35. The predicted molar refractivity (Wildman–Crippen MR) is 122 cm³/mol. The van der Waals surface area contributed by atoms with Crippen molar-refractivity contribution in [3.05, 3.63) is 59.7 Å². The molecule has 3 heterocycles. The normalized spacial score (nSPS) is 14.8. The summed E-state index contributed by atoms with van der Waals surface area (Å²) in [7, 11) is 1.96. The summed E-state index contributed by atoms with van der Waals surface area (Å²) >= 11 is 5.94. The van der Waals surface area contributed by atoms with Crippen molar-refractivity contribution in [1.29, 1.82) is 0 Å². The fourth-order valence-corrected chi connectivity index (χ4v) is 5.21. The Labute approximate surface area is 181 Å². The number of imide groups is 1. The number of nitrogens with one attached hydrogen (secondary N) is 1. The number of halogens is 1. The topological polar surface area (TPSA) is 76.3 Å². The van der Waals surface area contributed by atoms with Gasteiger partial charge in [-0.05, 0) is 12.1 Å². The molecule has 0 saturated heterocycles. The molecule has 0 fully saturated rings. The van der Waals surface area contributed by atoms with Crippen LogP contribution >= 0.6 is 11.6 Å². The standard InChI is InChI=1S/C24H18ClN3O3/c1-27-15-8-4-2-6-13(15)17-19-20(24(31)26-23(19)30)18-14-7-3-5-9-16(14)28(11-12(29)10-25)22(18)21(17)27/h2-9,12,29H,10-11H2,1H3,(H,26,30,31). The molecule has 1 atom stereocenters. The number of benzene rings is 3. The highest BCUT2D eigenvalue weighted by molar-refractivity contribution is 6.39. The number of carbonyl (C=O) groups is 2. The lowest BCUT2D eigenvalue weighted by Gasteiger charge is -2.13. The summed E-state index contributed by atoms with van der Waals surface area (Å²) in [6.07, 6.45) is -0.755. The van der Waals surface area contributed by atoms with E-state index in [0.717, 1.165) is 43.6 Å². The number of hydrogen-bond donors (Lipinski definition) is 2. The van der Waals surface area contributed by atoms with Crippen molar-refractivity contribution in [2.45, 2.75) is 12.6 Å². The molecule has 6 nitrogen and oxygen atoms in total. The number of carbonyl (C=O) groups excluding carboxylic acids is 2. The zero-order valence-corrected chi connectivity index (χ0v) is 17.4. The monoisotopic (exact) mass is 431 g/mol. The van der Waals surface area contributed by atoms with Gasteiger partial charge in [-0.25, -0.2) is 0 Å². The van der Waals surface area contributed by atoms with E-state index in [1.165, 1.54) is 0 Å². The Morgan fingerprint density at radius 3 is 2.10 bits per heavy atom. The molecule has 31 heavy (non-hydrogen) atoms. The number of para-hydroxylation sites is 2. The molecule has 2 amide bonds. The number of amides is 2. The van der Waals surface area contributed by atoms with Crippen LogP contribution in [0.5, 0.6) is 0 Å². The van der Waals surface area contributed by atoms with Crippen LogP contribution in [0.3, 0.4) is 0 Å². The number of nitrogens with zero attached hydrogens (tertiary/aromatic N) is 2. The highest BCUT2D eigenvalue weighted by atomic mass is 35.5. The minimum absolute atomic E-state index is 0.0934. The summed E-state index contributed by atoms with van der Waals surface area (Å²) in [5.41, 5.74) is 4.35. The molecule has 1 aliphatic rings. The van der Waals surface area contributed by atoms with Gasteiger partial charge in [-0.3, -0.25) is 14.9 Å². The maximum atomic E-state index is 13.0. The molecule has 7 heteroatoms. The Balaban J connectivity index is 1.98. The van der Waals surface area contributed by atoms with Crippen molar-refractivity contribution in [1.82, 2.24) is 14.5 Å². The van der Waals surface area contributed by atoms with Crippen LogP contribution < -0.4 is 5.32 Å². The van der Waals surface area contributed by atoms with Gasteiger partial charge in [0, 0.05) is 39.6 Å². The largest absolute Gasteiger partial charge is 0.390 e. The summed E-state index contributed by atoms with van der Waals surface area (Å²) in [5.74, 6) is -0.669. The molecule has 2 N–H and O–H groups in total. The molecule has 2 aromatic heterocycles.